The van der Waals surface area contributed by atoms with Gasteiger partial charge in [0.05, 0.1) is 12.3 Å². The number of allylic oxidation sites excluding steroid dienone is 1. The number of amides is 4. The number of anilines is 1. The van der Waals surface area contributed by atoms with Gasteiger partial charge in [-0.2, -0.15) is 0 Å². The highest BCUT2D eigenvalue weighted by atomic mass is 35.5. The molecule has 0 aromatic heterocycles. The van der Waals surface area contributed by atoms with Gasteiger partial charge in [-0.05, 0) is 67.8 Å². The van der Waals surface area contributed by atoms with E-state index < -0.39 is 23.7 Å². The first kappa shape index (κ1) is 27.6. The van der Waals surface area contributed by atoms with Crippen LogP contribution < -0.4 is 19.7 Å². The first-order chi connectivity index (χ1) is 18.7. The molecule has 0 unspecified atom stereocenters. The van der Waals surface area contributed by atoms with Gasteiger partial charge < -0.3 is 9.47 Å². The molecule has 200 valence electrons. The van der Waals surface area contributed by atoms with Crippen LogP contribution in [0.15, 0.2) is 72.8 Å². The second-order valence-electron chi connectivity index (χ2n) is 8.65. The van der Waals surface area contributed by atoms with Crippen LogP contribution in [0.2, 0.25) is 5.02 Å². The quantitative estimate of drug-likeness (QED) is 0.197. The van der Waals surface area contributed by atoms with Gasteiger partial charge in [-0.15, -0.1) is 6.58 Å². The molecular formula is C30H26ClFN2O5. The average molecular weight is 549 g/mol. The van der Waals surface area contributed by atoms with E-state index in [2.05, 4.69) is 11.9 Å². The Balaban J connectivity index is 1.75. The molecule has 1 heterocycles. The number of urea groups is 1. The molecule has 0 saturated carbocycles. The topological polar surface area (TPSA) is 84.9 Å². The molecule has 39 heavy (non-hydrogen) atoms. The highest BCUT2D eigenvalue weighted by molar-refractivity contribution is 6.40. The highest BCUT2D eigenvalue weighted by Crippen LogP contribution is 2.36. The molecule has 0 spiro atoms. The Bertz CT molecular complexity index is 1500. The summed E-state index contributed by atoms with van der Waals surface area (Å²) in [5.41, 5.74) is 2.02. The van der Waals surface area contributed by atoms with Crippen molar-refractivity contribution in [2.45, 2.75) is 26.9 Å². The number of nitrogens with one attached hydrogen (secondary N) is 1. The van der Waals surface area contributed by atoms with Crippen molar-refractivity contribution in [1.82, 2.24) is 5.32 Å². The first-order valence-electron chi connectivity index (χ1n) is 12.2. The fraction of sp³-hybridized carbons (Fsp3) is 0.167. The van der Waals surface area contributed by atoms with Crippen LogP contribution >= 0.6 is 11.6 Å². The molecule has 9 heteroatoms. The number of carbonyl (C=O) groups is 3. The Hall–Kier alpha value is -4.43. The van der Waals surface area contributed by atoms with Crippen LogP contribution in [0, 0.1) is 12.7 Å². The standard InChI is InChI=1S/C30H26ClFN2O5/c1-4-9-20-14-19(16-26(38-5-2)27(20)39-17-21-10-6-7-12-24(21)32)15-22-28(35)33-30(37)34(29(22)36)25-13-8-11-23(31)18(25)3/h4,6-8,10-16H,1,5,9,17H2,2-3H3,(H,33,35,37)/b22-15+. The molecule has 0 atom stereocenters. The zero-order chi connectivity index (χ0) is 28.1. The van der Waals surface area contributed by atoms with Crippen molar-refractivity contribution in [3.05, 3.63) is 106 Å². The minimum Gasteiger partial charge on any atom is -0.490 e. The summed E-state index contributed by atoms with van der Waals surface area (Å²) in [6.07, 6.45) is 3.42. The number of hydrogen-bond donors (Lipinski definition) is 1. The Morgan fingerprint density at radius 2 is 1.82 bits per heavy atom. The normalized spacial score (nSPS) is 14.4. The predicted octanol–water partition coefficient (Wildman–Crippen LogP) is 6.16. The average Bonchev–Trinajstić information content (AvgIpc) is 2.89. The molecule has 1 fully saturated rings. The summed E-state index contributed by atoms with van der Waals surface area (Å²) in [6.45, 7) is 7.54. The van der Waals surface area contributed by atoms with Gasteiger partial charge in [0.25, 0.3) is 11.8 Å². The van der Waals surface area contributed by atoms with Crippen LogP contribution in [0.4, 0.5) is 14.9 Å². The first-order valence-corrected chi connectivity index (χ1v) is 12.6. The molecule has 7 nitrogen and oxygen atoms in total. The second-order valence-corrected chi connectivity index (χ2v) is 9.06. The summed E-state index contributed by atoms with van der Waals surface area (Å²) in [7, 11) is 0. The second kappa shape index (κ2) is 12.0. The lowest BCUT2D eigenvalue weighted by Crippen LogP contribution is -2.54. The number of rotatable bonds is 9. The van der Waals surface area contributed by atoms with Gasteiger partial charge in [-0.25, -0.2) is 14.1 Å². The fourth-order valence-electron chi connectivity index (χ4n) is 4.15. The predicted molar refractivity (Wildman–Crippen MR) is 147 cm³/mol. The molecule has 0 radical (unpaired) electrons. The molecule has 3 aromatic carbocycles. The Labute approximate surface area is 230 Å². The van der Waals surface area contributed by atoms with Gasteiger partial charge >= 0.3 is 6.03 Å². The zero-order valence-corrected chi connectivity index (χ0v) is 22.2. The van der Waals surface area contributed by atoms with Crippen molar-refractivity contribution in [2.24, 2.45) is 0 Å². The lowest BCUT2D eigenvalue weighted by molar-refractivity contribution is -0.122. The van der Waals surface area contributed by atoms with Crippen LogP contribution in [-0.2, 0) is 22.6 Å². The number of imide groups is 2. The molecule has 1 aliphatic heterocycles. The Morgan fingerprint density at radius 3 is 2.54 bits per heavy atom. The third kappa shape index (κ3) is 5.86. The molecule has 4 amide bonds. The third-order valence-corrected chi connectivity index (χ3v) is 6.45. The molecular weight excluding hydrogens is 523 g/mol. The number of nitrogens with zero attached hydrogens (tertiary/aromatic N) is 1. The molecule has 1 N–H and O–H groups in total. The van der Waals surface area contributed by atoms with Crippen molar-refractivity contribution < 1.29 is 28.2 Å². The molecule has 4 rings (SSSR count). The summed E-state index contributed by atoms with van der Waals surface area (Å²) < 4.78 is 26.0. The van der Waals surface area contributed by atoms with Crippen LogP contribution in [0.1, 0.15) is 29.2 Å². The Kier molecular flexibility index (Phi) is 8.46. The number of ether oxygens (including phenoxy) is 2. The molecule has 0 aliphatic carbocycles. The van der Waals surface area contributed by atoms with E-state index in [1.165, 1.54) is 12.1 Å². The lowest BCUT2D eigenvalue weighted by atomic mass is 10.0. The maximum absolute atomic E-state index is 14.2. The molecule has 1 saturated heterocycles. The van der Waals surface area contributed by atoms with E-state index in [0.29, 0.717) is 51.8 Å². The lowest BCUT2D eigenvalue weighted by Gasteiger charge is -2.27. The number of carbonyl (C=O) groups excluding carboxylic acids is 3. The summed E-state index contributed by atoms with van der Waals surface area (Å²) >= 11 is 6.20. The van der Waals surface area contributed by atoms with Crippen molar-refractivity contribution in [3.8, 4) is 11.5 Å². The van der Waals surface area contributed by atoms with Crippen molar-refractivity contribution in [3.63, 3.8) is 0 Å². The number of benzene rings is 3. The minimum absolute atomic E-state index is 0.0335. The highest BCUT2D eigenvalue weighted by Gasteiger charge is 2.37. The third-order valence-electron chi connectivity index (χ3n) is 6.04. The summed E-state index contributed by atoms with van der Waals surface area (Å²) in [4.78, 5) is 39.7. The van der Waals surface area contributed by atoms with Crippen molar-refractivity contribution in [2.75, 3.05) is 11.5 Å². The smallest absolute Gasteiger partial charge is 0.335 e. The monoisotopic (exact) mass is 548 g/mol. The van der Waals surface area contributed by atoms with E-state index >= 15 is 0 Å². The van der Waals surface area contributed by atoms with Gasteiger partial charge in [0.2, 0.25) is 0 Å². The van der Waals surface area contributed by atoms with Gasteiger partial charge in [0, 0.05) is 16.1 Å². The van der Waals surface area contributed by atoms with Gasteiger partial charge in [-0.1, -0.05) is 41.9 Å². The number of barbiturate groups is 1. The van der Waals surface area contributed by atoms with Crippen molar-refractivity contribution >= 4 is 41.2 Å². The Morgan fingerprint density at radius 1 is 1.05 bits per heavy atom. The van der Waals surface area contributed by atoms with Crippen LogP contribution in [0.5, 0.6) is 11.5 Å². The van der Waals surface area contributed by atoms with E-state index in [-0.39, 0.29) is 17.9 Å². The van der Waals surface area contributed by atoms with E-state index in [1.807, 2.05) is 0 Å². The molecule has 1 aliphatic rings. The summed E-state index contributed by atoms with van der Waals surface area (Å²) in [5.74, 6) is -1.27. The van der Waals surface area contributed by atoms with Crippen LogP contribution in [-0.4, -0.2) is 24.5 Å². The number of hydrogen-bond acceptors (Lipinski definition) is 5. The van der Waals surface area contributed by atoms with E-state index in [0.717, 1.165) is 4.90 Å². The van der Waals surface area contributed by atoms with Gasteiger partial charge in [0.15, 0.2) is 11.5 Å². The number of halogens is 2. The summed E-state index contributed by atoms with van der Waals surface area (Å²) in [6, 6.07) is 13.6. The fourth-order valence-corrected chi connectivity index (χ4v) is 4.32. The van der Waals surface area contributed by atoms with Gasteiger partial charge in [0.1, 0.15) is 18.0 Å². The SMILES string of the molecule is C=CCc1cc(/C=C2\C(=O)NC(=O)N(c3cccc(Cl)c3C)C2=O)cc(OCC)c1OCc1ccccc1F. The van der Waals surface area contributed by atoms with Crippen molar-refractivity contribution in [1.29, 1.82) is 0 Å². The van der Waals surface area contributed by atoms with E-state index in [1.54, 1.807) is 68.5 Å². The molecule has 0 bridgehead atoms. The van der Waals surface area contributed by atoms with Crippen LogP contribution in [0.3, 0.4) is 0 Å². The van der Waals surface area contributed by atoms with E-state index in [4.69, 9.17) is 21.1 Å². The summed E-state index contributed by atoms with van der Waals surface area (Å²) in [5, 5.41) is 2.59. The minimum atomic E-state index is -0.869. The van der Waals surface area contributed by atoms with E-state index in [9.17, 15) is 18.8 Å². The maximum atomic E-state index is 14.2. The van der Waals surface area contributed by atoms with Crippen LogP contribution in [0.25, 0.3) is 6.08 Å². The molecule has 3 aromatic rings. The maximum Gasteiger partial charge on any atom is 0.335 e. The largest absolute Gasteiger partial charge is 0.490 e. The zero-order valence-electron chi connectivity index (χ0n) is 21.4. The van der Waals surface area contributed by atoms with Gasteiger partial charge in [-0.3, -0.25) is 14.9 Å².